The molecule has 0 unspecified atom stereocenters. The minimum absolute atomic E-state index is 0.149. The SMILES string of the molecule is COc1cccc2c1OCCN2CCO. The molecule has 0 bridgehead atoms. The first kappa shape index (κ1) is 10.1. The van der Waals surface area contributed by atoms with Gasteiger partial charge in [-0.3, -0.25) is 0 Å². The van der Waals surface area contributed by atoms with E-state index in [1.54, 1.807) is 7.11 Å². The maximum absolute atomic E-state index is 8.96. The highest BCUT2D eigenvalue weighted by Gasteiger charge is 2.20. The molecular formula is C11H15NO3. The smallest absolute Gasteiger partial charge is 0.184 e. The van der Waals surface area contributed by atoms with Crippen LogP contribution in [0.15, 0.2) is 18.2 Å². The summed E-state index contributed by atoms with van der Waals surface area (Å²) in [5.41, 5.74) is 0.995. The molecule has 0 saturated carbocycles. The van der Waals surface area contributed by atoms with Gasteiger partial charge in [0.15, 0.2) is 11.5 Å². The average Bonchev–Trinajstić information content (AvgIpc) is 2.29. The second kappa shape index (κ2) is 4.40. The van der Waals surface area contributed by atoms with Gasteiger partial charge in [0.1, 0.15) is 6.61 Å². The van der Waals surface area contributed by atoms with Gasteiger partial charge in [0.25, 0.3) is 0 Å². The molecular weight excluding hydrogens is 194 g/mol. The van der Waals surface area contributed by atoms with Gasteiger partial charge < -0.3 is 19.5 Å². The van der Waals surface area contributed by atoms with E-state index in [9.17, 15) is 0 Å². The van der Waals surface area contributed by atoms with Crippen LogP contribution >= 0.6 is 0 Å². The van der Waals surface area contributed by atoms with Gasteiger partial charge in [0, 0.05) is 6.54 Å². The summed E-state index contributed by atoms with van der Waals surface area (Å²) in [6, 6.07) is 5.78. The summed E-state index contributed by atoms with van der Waals surface area (Å²) in [4.78, 5) is 2.10. The largest absolute Gasteiger partial charge is 0.493 e. The van der Waals surface area contributed by atoms with Crippen molar-refractivity contribution < 1.29 is 14.6 Å². The zero-order valence-electron chi connectivity index (χ0n) is 8.77. The molecule has 15 heavy (non-hydrogen) atoms. The van der Waals surface area contributed by atoms with E-state index in [1.807, 2.05) is 18.2 Å². The summed E-state index contributed by atoms with van der Waals surface area (Å²) in [7, 11) is 1.63. The number of benzene rings is 1. The lowest BCUT2D eigenvalue weighted by Crippen LogP contribution is -2.34. The van der Waals surface area contributed by atoms with E-state index in [1.165, 1.54) is 0 Å². The fourth-order valence-electron chi connectivity index (χ4n) is 1.79. The van der Waals surface area contributed by atoms with Crippen molar-refractivity contribution in [3.8, 4) is 11.5 Å². The summed E-state index contributed by atoms with van der Waals surface area (Å²) in [5, 5.41) is 8.96. The normalized spacial score (nSPS) is 14.4. The Morgan fingerprint density at radius 1 is 1.53 bits per heavy atom. The Hall–Kier alpha value is -1.42. The first-order valence-electron chi connectivity index (χ1n) is 5.02. The highest BCUT2D eigenvalue weighted by Crippen LogP contribution is 2.39. The molecule has 0 radical (unpaired) electrons. The highest BCUT2D eigenvalue weighted by atomic mass is 16.5. The number of hydrogen-bond donors (Lipinski definition) is 1. The third-order valence-electron chi connectivity index (χ3n) is 2.50. The number of nitrogens with zero attached hydrogens (tertiary/aromatic N) is 1. The second-order valence-electron chi connectivity index (χ2n) is 3.37. The van der Waals surface area contributed by atoms with Crippen molar-refractivity contribution in [2.75, 3.05) is 38.3 Å². The summed E-state index contributed by atoms with van der Waals surface area (Å²) >= 11 is 0. The first-order valence-corrected chi connectivity index (χ1v) is 5.02. The highest BCUT2D eigenvalue weighted by molar-refractivity contribution is 5.65. The van der Waals surface area contributed by atoms with Crippen LogP contribution in [-0.4, -0.2) is 38.5 Å². The van der Waals surface area contributed by atoms with Gasteiger partial charge in [-0.15, -0.1) is 0 Å². The lowest BCUT2D eigenvalue weighted by atomic mass is 10.2. The number of aliphatic hydroxyl groups excluding tert-OH is 1. The zero-order valence-corrected chi connectivity index (χ0v) is 8.77. The Labute approximate surface area is 89.0 Å². The Morgan fingerprint density at radius 3 is 3.13 bits per heavy atom. The van der Waals surface area contributed by atoms with Crippen molar-refractivity contribution in [3.05, 3.63) is 18.2 Å². The van der Waals surface area contributed by atoms with Crippen LogP contribution in [-0.2, 0) is 0 Å². The molecule has 1 aromatic rings. The molecule has 0 fully saturated rings. The molecule has 0 atom stereocenters. The quantitative estimate of drug-likeness (QED) is 0.802. The van der Waals surface area contributed by atoms with Crippen molar-refractivity contribution in [1.29, 1.82) is 0 Å². The maximum atomic E-state index is 8.96. The number of para-hydroxylation sites is 1. The first-order chi connectivity index (χ1) is 7.36. The lowest BCUT2D eigenvalue weighted by Gasteiger charge is -2.31. The van der Waals surface area contributed by atoms with Crippen LogP contribution in [0.1, 0.15) is 0 Å². The minimum Gasteiger partial charge on any atom is -0.493 e. The number of hydrogen-bond acceptors (Lipinski definition) is 4. The molecule has 82 valence electrons. The minimum atomic E-state index is 0.149. The number of rotatable bonds is 3. The molecule has 4 nitrogen and oxygen atoms in total. The number of aliphatic hydroxyl groups is 1. The average molecular weight is 209 g/mol. The van der Waals surface area contributed by atoms with Crippen LogP contribution in [0, 0.1) is 0 Å². The Morgan fingerprint density at radius 2 is 2.40 bits per heavy atom. The van der Waals surface area contributed by atoms with E-state index in [-0.39, 0.29) is 6.61 Å². The molecule has 1 N–H and O–H groups in total. The molecule has 1 aliphatic heterocycles. The standard InChI is InChI=1S/C11H15NO3/c1-14-10-4-2-3-9-11(10)15-8-6-12(9)5-7-13/h2-4,13H,5-8H2,1H3. The van der Waals surface area contributed by atoms with Gasteiger partial charge >= 0.3 is 0 Å². The van der Waals surface area contributed by atoms with Crippen molar-refractivity contribution in [2.24, 2.45) is 0 Å². The number of β-amino-alcohol motifs (C(OH)–C–C–N with tert-alkyl or cyclic N) is 1. The van der Waals surface area contributed by atoms with Crippen LogP contribution < -0.4 is 14.4 Å². The molecule has 0 saturated heterocycles. The van der Waals surface area contributed by atoms with Gasteiger partial charge in [0.05, 0.1) is 25.9 Å². The van der Waals surface area contributed by atoms with E-state index >= 15 is 0 Å². The third-order valence-corrected chi connectivity index (χ3v) is 2.50. The molecule has 0 aliphatic carbocycles. The number of anilines is 1. The number of methoxy groups -OCH3 is 1. The Bertz CT molecular complexity index is 341. The second-order valence-corrected chi connectivity index (χ2v) is 3.37. The maximum Gasteiger partial charge on any atom is 0.184 e. The predicted octanol–water partition coefficient (Wildman–Crippen LogP) is 0.886. The summed E-state index contributed by atoms with van der Waals surface area (Å²) in [6.07, 6.45) is 0. The lowest BCUT2D eigenvalue weighted by molar-refractivity contribution is 0.268. The van der Waals surface area contributed by atoms with Crippen LogP contribution in [0.25, 0.3) is 0 Å². The van der Waals surface area contributed by atoms with E-state index in [0.29, 0.717) is 13.2 Å². The van der Waals surface area contributed by atoms with Crippen LogP contribution in [0.3, 0.4) is 0 Å². The molecule has 1 aromatic carbocycles. The fourth-order valence-corrected chi connectivity index (χ4v) is 1.79. The van der Waals surface area contributed by atoms with Crippen LogP contribution in [0.2, 0.25) is 0 Å². The van der Waals surface area contributed by atoms with Crippen LogP contribution in [0.4, 0.5) is 5.69 Å². The number of ether oxygens (including phenoxy) is 2. The van der Waals surface area contributed by atoms with E-state index in [4.69, 9.17) is 14.6 Å². The third kappa shape index (κ3) is 1.85. The fraction of sp³-hybridized carbons (Fsp3) is 0.455. The van der Waals surface area contributed by atoms with Crippen molar-refractivity contribution >= 4 is 5.69 Å². The zero-order chi connectivity index (χ0) is 10.7. The van der Waals surface area contributed by atoms with Crippen LogP contribution in [0.5, 0.6) is 11.5 Å². The molecule has 4 heteroatoms. The van der Waals surface area contributed by atoms with Gasteiger partial charge in [-0.2, -0.15) is 0 Å². The molecule has 1 heterocycles. The van der Waals surface area contributed by atoms with Crippen molar-refractivity contribution in [3.63, 3.8) is 0 Å². The molecule has 0 amide bonds. The van der Waals surface area contributed by atoms with E-state index < -0.39 is 0 Å². The van der Waals surface area contributed by atoms with Crippen molar-refractivity contribution in [2.45, 2.75) is 0 Å². The molecule has 0 spiro atoms. The van der Waals surface area contributed by atoms with Gasteiger partial charge in [0.2, 0.25) is 0 Å². The molecule has 1 aliphatic rings. The Balaban J connectivity index is 2.35. The van der Waals surface area contributed by atoms with Gasteiger partial charge in [-0.25, -0.2) is 0 Å². The van der Waals surface area contributed by atoms with E-state index in [2.05, 4.69) is 4.90 Å². The van der Waals surface area contributed by atoms with Gasteiger partial charge in [-0.05, 0) is 12.1 Å². The monoisotopic (exact) mass is 209 g/mol. The van der Waals surface area contributed by atoms with Crippen molar-refractivity contribution in [1.82, 2.24) is 0 Å². The Kier molecular flexibility index (Phi) is 2.97. The summed E-state index contributed by atoms with van der Waals surface area (Å²) in [5.74, 6) is 1.52. The number of fused-ring (bicyclic) bond motifs is 1. The van der Waals surface area contributed by atoms with Gasteiger partial charge in [-0.1, -0.05) is 6.07 Å². The van der Waals surface area contributed by atoms with E-state index in [0.717, 1.165) is 23.7 Å². The molecule has 2 rings (SSSR count). The summed E-state index contributed by atoms with van der Waals surface area (Å²) < 4.78 is 10.8. The summed E-state index contributed by atoms with van der Waals surface area (Å²) in [6.45, 7) is 2.22. The topological polar surface area (TPSA) is 41.9 Å². The predicted molar refractivity (Wildman–Crippen MR) is 57.8 cm³/mol. The molecule has 0 aromatic heterocycles.